The molecular formula is C23H25N3O3S2. The molecule has 0 radical (unpaired) electrons. The Bertz CT molecular complexity index is 1100. The molecule has 1 aromatic heterocycles. The second-order valence-electron chi connectivity index (χ2n) is 7.76. The van der Waals surface area contributed by atoms with Crippen LogP contribution in [-0.2, 0) is 14.6 Å². The van der Waals surface area contributed by atoms with Crippen molar-refractivity contribution in [1.29, 1.82) is 0 Å². The topological polar surface area (TPSA) is 83.1 Å². The van der Waals surface area contributed by atoms with Gasteiger partial charge in [0.05, 0.1) is 28.1 Å². The molecule has 0 bridgehead atoms. The van der Waals surface area contributed by atoms with Crippen LogP contribution >= 0.6 is 11.8 Å². The zero-order chi connectivity index (χ0) is 22.0. The maximum Gasteiger partial charge on any atom is 0.235 e. The Morgan fingerprint density at radius 2 is 1.71 bits per heavy atom. The van der Waals surface area contributed by atoms with Crippen LogP contribution < -0.4 is 0 Å². The number of nitrogens with zero attached hydrogens (tertiary/aromatic N) is 2. The summed E-state index contributed by atoms with van der Waals surface area (Å²) in [5.41, 5.74) is 3.76. The molecule has 0 unspecified atom stereocenters. The highest BCUT2D eigenvalue weighted by Crippen LogP contribution is 2.34. The van der Waals surface area contributed by atoms with Crippen molar-refractivity contribution in [3.8, 4) is 22.5 Å². The quantitative estimate of drug-likeness (QED) is 0.571. The van der Waals surface area contributed by atoms with Gasteiger partial charge in [-0.2, -0.15) is 0 Å². The van der Waals surface area contributed by atoms with Crippen LogP contribution in [0.2, 0.25) is 0 Å². The van der Waals surface area contributed by atoms with Crippen molar-refractivity contribution >= 4 is 27.5 Å². The Morgan fingerprint density at radius 3 is 2.29 bits per heavy atom. The Labute approximate surface area is 187 Å². The minimum atomic E-state index is -3.04. The Hall–Kier alpha value is -2.58. The van der Waals surface area contributed by atoms with Gasteiger partial charge in [0.2, 0.25) is 5.91 Å². The minimum absolute atomic E-state index is 0.0453. The van der Waals surface area contributed by atoms with Crippen molar-refractivity contribution in [3.63, 3.8) is 0 Å². The van der Waals surface area contributed by atoms with Crippen molar-refractivity contribution in [1.82, 2.24) is 14.9 Å². The molecule has 1 N–H and O–H groups in total. The van der Waals surface area contributed by atoms with E-state index in [4.69, 9.17) is 4.98 Å². The fourth-order valence-electron chi connectivity index (χ4n) is 3.79. The Morgan fingerprint density at radius 1 is 1.10 bits per heavy atom. The van der Waals surface area contributed by atoms with Crippen LogP contribution in [-0.4, -0.2) is 59.0 Å². The van der Waals surface area contributed by atoms with Gasteiger partial charge < -0.3 is 9.88 Å². The summed E-state index contributed by atoms with van der Waals surface area (Å²) in [6.45, 7) is 1.83. The molecule has 8 heteroatoms. The van der Waals surface area contributed by atoms with E-state index in [1.807, 2.05) is 67.6 Å². The van der Waals surface area contributed by atoms with Gasteiger partial charge in [-0.3, -0.25) is 4.79 Å². The Kier molecular flexibility index (Phi) is 6.20. The fraction of sp³-hybridized carbons (Fsp3) is 0.304. The number of amides is 1. The first-order valence-electron chi connectivity index (χ1n) is 10.2. The number of carbonyl (C=O) groups is 1. The van der Waals surface area contributed by atoms with Crippen LogP contribution in [0, 0.1) is 0 Å². The third-order valence-corrected chi connectivity index (χ3v) is 8.25. The molecule has 0 spiro atoms. The zero-order valence-corrected chi connectivity index (χ0v) is 19.1. The Balaban J connectivity index is 1.57. The molecule has 4 rings (SSSR count). The van der Waals surface area contributed by atoms with Gasteiger partial charge >= 0.3 is 0 Å². The second-order valence-corrected chi connectivity index (χ2v) is 11.3. The van der Waals surface area contributed by atoms with Crippen LogP contribution in [0.5, 0.6) is 0 Å². The summed E-state index contributed by atoms with van der Waals surface area (Å²) in [7, 11) is -1.35. The largest absolute Gasteiger partial charge is 0.341 e. The number of sulfone groups is 1. The van der Waals surface area contributed by atoms with Crippen LogP contribution in [0.4, 0.5) is 0 Å². The van der Waals surface area contributed by atoms with Gasteiger partial charge in [-0.25, -0.2) is 13.4 Å². The van der Waals surface area contributed by atoms with Crippen LogP contribution in [0.3, 0.4) is 0 Å². The van der Waals surface area contributed by atoms with Crippen molar-refractivity contribution < 1.29 is 13.2 Å². The molecule has 2 atom stereocenters. The van der Waals surface area contributed by atoms with E-state index in [1.165, 1.54) is 11.8 Å². The van der Waals surface area contributed by atoms with Crippen LogP contribution in [0.25, 0.3) is 22.5 Å². The van der Waals surface area contributed by atoms with E-state index < -0.39 is 15.1 Å². The number of hydrogen-bond acceptors (Lipinski definition) is 5. The normalized spacial score (nSPS) is 18.6. The molecule has 0 saturated carbocycles. The molecule has 1 aliphatic rings. The summed E-state index contributed by atoms with van der Waals surface area (Å²) in [5.74, 6) is 0.102. The predicted molar refractivity (Wildman–Crippen MR) is 125 cm³/mol. The predicted octanol–water partition coefficient (Wildman–Crippen LogP) is 3.87. The lowest BCUT2D eigenvalue weighted by Crippen LogP contribution is -2.41. The summed E-state index contributed by atoms with van der Waals surface area (Å²) >= 11 is 1.36. The standard InChI is InChI=1S/C23H25N3O3S2/c1-16(22(27)26(2)19-13-14-31(28,29)15-19)30-23-24-20(17-9-5-3-6-10-17)21(25-23)18-11-7-4-8-12-18/h3-12,16,19H,13-15H2,1-2H3,(H,24,25)/t16-,19+/m0/s1. The highest BCUT2D eigenvalue weighted by atomic mass is 32.2. The maximum atomic E-state index is 12.9. The summed E-state index contributed by atoms with van der Waals surface area (Å²) in [5, 5.41) is 0.262. The molecular weight excluding hydrogens is 430 g/mol. The number of hydrogen-bond donors (Lipinski definition) is 1. The number of imidazole rings is 1. The minimum Gasteiger partial charge on any atom is -0.341 e. The monoisotopic (exact) mass is 455 g/mol. The first-order valence-corrected chi connectivity index (χ1v) is 12.9. The van der Waals surface area contributed by atoms with E-state index in [0.29, 0.717) is 11.6 Å². The number of H-pyrrole nitrogens is 1. The van der Waals surface area contributed by atoms with E-state index in [9.17, 15) is 13.2 Å². The average molecular weight is 456 g/mol. The summed E-state index contributed by atoms with van der Waals surface area (Å²) in [4.78, 5) is 22.7. The number of aromatic nitrogens is 2. The summed E-state index contributed by atoms with van der Waals surface area (Å²) in [6.07, 6.45) is 0.499. The van der Waals surface area contributed by atoms with Crippen molar-refractivity contribution in [2.45, 2.75) is 29.8 Å². The van der Waals surface area contributed by atoms with Gasteiger partial charge in [0.15, 0.2) is 15.0 Å². The summed E-state index contributed by atoms with van der Waals surface area (Å²) in [6, 6.07) is 19.7. The number of aromatic amines is 1. The number of carbonyl (C=O) groups excluding carboxylic acids is 1. The number of rotatable bonds is 6. The van der Waals surface area contributed by atoms with E-state index in [-0.39, 0.29) is 23.5 Å². The van der Waals surface area contributed by atoms with Crippen LogP contribution in [0.15, 0.2) is 65.8 Å². The average Bonchev–Trinajstić information content (AvgIpc) is 3.37. The SMILES string of the molecule is C[C@H](Sc1nc(-c2ccccc2)c(-c2ccccc2)[nH]1)C(=O)N(C)[C@@H]1CCS(=O)(=O)C1. The number of benzene rings is 2. The van der Waals surface area contributed by atoms with Gasteiger partial charge in [0, 0.05) is 24.2 Å². The lowest BCUT2D eigenvalue weighted by molar-refractivity contribution is -0.130. The van der Waals surface area contributed by atoms with Crippen molar-refractivity contribution in [2.75, 3.05) is 18.6 Å². The maximum absolute atomic E-state index is 12.9. The van der Waals surface area contributed by atoms with Gasteiger partial charge in [0.1, 0.15) is 0 Å². The molecule has 162 valence electrons. The lowest BCUT2D eigenvalue weighted by Gasteiger charge is -2.25. The molecule has 31 heavy (non-hydrogen) atoms. The molecule has 2 aromatic carbocycles. The van der Waals surface area contributed by atoms with Gasteiger partial charge in [0.25, 0.3) is 0 Å². The first-order chi connectivity index (χ1) is 14.8. The van der Waals surface area contributed by atoms with Crippen molar-refractivity contribution in [3.05, 3.63) is 60.7 Å². The second kappa shape index (κ2) is 8.88. The van der Waals surface area contributed by atoms with E-state index in [0.717, 1.165) is 22.5 Å². The molecule has 1 aliphatic heterocycles. The lowest BCUT2D eigenvalue weighted by atomic mass is 10.1. The van der Waals surface area contributed by atoms with E-state index >= 15 is 0 Å². The fourth-order valence-corrected chi connectivity index (χ4v) is 6.47. The molecule has 0 aliphatic carbocycles. The third kappa shape index (κ3) is 4.85. The van der Waals surface area contributed by atoms with Gasteiger partial charge in [-0.15, -0.1) is 0 Å². The molecule has 6 nitrogen and oxygen atoms in total. The van der Waals surface area contributed by atoms with Crippen LogP contribution in [0.1, 0.15) is 13.3 Å². The highest BCUT2D eigenvalue weighted by Gasteiger charge is 2.34. The molecule has 3 aromatic rings. The molecule has 1 amide bonds. The molecule has 1 fully saturated rings. The zero-order valence-electron chi connectivity index (χ0n) is 17.5. The van der Waals surface area contributed by atoms with E-state index in [1.54, 1.807) is 11.9 Å². The van der Waals surface area contributed by atoms with Crippen molar-refractivity contribution in [2.24, 2.45) is 0 Å². The first kappa shape index (κ1) is 21.6. The van der Waals surface area contributed by atoms with Gasteiger partial charge in [-0.05, 0) is 13.3 Å². The number of nitrogens with one attached hydrogen (secondary N) is 1. The smallest absolute Gasteiger partial charge is 0.235 e. The molecule has 1 saturated heterocycles. The summed E-state index contributed by atoms with van der Waals surface area (Å²) < 4.78 is 23.6. The highest BCUT2D eigenvalue weighted by molar-refractivity contribution is 8.00. The number of thioether (sulfide) groups is 1. The third-order valence-electron chi connectivity index (χ3n) is 5.53. The molecule has 2 heterocycles. The van der Waals surface area contributed by atoms with E-state index in [2.05, 4.69) is 4.98 Å². The van der Waals surface area contributed by atoms with Gasteiger partial charge in [-0.1, -0.05) is 72.4 Å².